The van der Waals surface area contributed by atoms with Gasteiger partial charge in [0.15, 0.2) is 0 Å². The van der Waals surface area contributed by atoms with Gasteiger partial charge in [-0.2, -0.15) is 0 Å². The smallest absolute Gasteiger partial charge is 0.265 e. The molecule has 1 heterocycles. The summed E-state index contributed by atoms with van der Waals surface area (Å²) in [4.78, 5) is 11.1. The van der Waals surface area contributed by atoms with Gasteiger partial charge >= 0.3 is 0 Å². The van der Waals surface area contributed by atoms with Crippen LogP contribution in [-0.2, 0) is 0 Å². The Balaban J connectivity index is 2.88. The highest BCUT2D eigenvalue weighted by atomic mass is 16.1. The maximum absolute atomic E-state index is 11.1. The molecule has 4 heteroatoms. The van der Waals surface area contributed by atoms with Gasteiger partial charge in [0.05, 0.1) is 5.56 Å². The molecule has 2 rings (SSSR count). The van der Waals surface area contributed by atoms with Gasteiger partial charge in [-0.1, -0.05) is 23.3 Å². The average Bonchev–Trinajstić information content (AvgIpc) is 2.30. The van der Waals surface area contributed by atoms with Gasteiger partial charge in [0.25, 0.3) is 5.56 Å². The van der Waals surface area contributed by atoms with Crippen molar-refractivity contribution in [3.63, 3.8) is 0 Å². The lowest BCUT2D eigenvalue weighted by atomic mass is 10.2. The molecule has 12 heavy (non-hydrogen) atoms. The Hall–Kier alpha value is -1.84. The summed E-state index contributed by atoms with van der Waals surface area (Å²) in [6, 6.07) is 8.80. The molecule has 0 spiro atoms. The van der Waals surface area contributed by atoms with E-state index in [-0.39, 0.29) is 5.56 Å². The van der Waals surface area contributed by atoms with E-state index in [1.165, 1.54) is 0 Å². The van der Waals surface area contributed by atoms with Crippen molar-refractivity contribution >= 4 is 0 Å². The molecule has 0 fully saturated rings. The van der Waals surface area contributed by atoms with E-state index in [4.69, 9.17) is 0 Å². The van der Waals surface area contributed by atoms with Gasteiger partial charge in [-0.25, -0.2) is 0 Å². The number of hydrogen-bond donors (Lipinski definition) is 0. The van der Waals surface area contributed by atoms with E-state index >= 15 is 0 Å². The molecular weight excluding hydrogens is 154 g/mol. The lowest BCUT2D eigenvalue weighted by Crippen LogP contribution is -2.12. The van der Waals surface area contributed by atoms with Crippen LogP contribution < -0.4 is 5.56 Å². The first-order chi connectivity index (χ1) is 5.88. The van der Waals surface area contributed by atoms with Gasteiger partial charge in [-0.15, -0.1) is 5.10 Å². The fraction of sp³-hybridized carbons (Fsp3) is 0. The molecule has 0 unspecified atom stereocenters. The first-order valence-electron chi connectivity index (χ1n) is 3.46. The molecule has 1 aliphatic carbocycles. The summed E-state index contributed by atoms with van der Waals surface area (Å²) in [6.07, 6.45) is 0. The Morgan fingerprint density at radius 1 is 1.00 bits per heavy atom. The second-order valence-electron chi connectivity index (χ2n) is 2.30. The lowest BCUT2D eigenvalue weighted by molar-refractivity contribution is 0.846. The van der Waals surface area contributed by atoms with Crippen molar-refractivity contribution in [3.8, 4) is 11.3 Å². The van der Waals surface area contributed by atoms with Crippen LogP contribution in [0.4, 0.5) is 0 Å². The zero-order chi connectivity index (χ0) is 8.39. The SMILES string of the molecule is O=c1nnnc2cccccc1-2. The minimum absolute atomic E-state index is 0.337. The number of fused-ring (bicyclic) bond motifs is 1. The van der Waals surface area contributed by atoms with E-state index in [0.717, 1.165) is 0 Å². The molecule has 0 atom stereocenters. The Morgan fingerprint density at radius 2 is 1.83 bits per heavy atom. The van der Waals surface area contributed by atoms with Gasteiger partial charge in [0.2, 0.25) is 0 Å². The summed E-state index contributed by atoms with van der Waals surface area (Å²) in [5.74, 6) is 0. The zero-order valence-electron chi connectivity index (χ0n) is 6.14. The van der Waals surface area contributed by atoms with Crippen molar-refractivity contribution in [2.75, 3.05) is 0 Å². The minimum Gasteiger partial charge on any atom is -0.265 e. The van der Waals surface area contributed by atoms with Crippen molar-refractivity contribution in [2.45, 2.75) is 0 Å². The number of hydrogen-bond acceptors (Lipinski definition) is 4. The number of aromatic nitrogens is 3. The van der Waals surface area contributed by atoms with Crippen LogP contribution >= 0.6 is 0 Å². The van der Waals surface area contributed by atoms with Gasteiger partial charge in [0.1, 0.15) is 5.69 Å². The van der Waals surface area contributed by atoms with Crippen LogP contribution in [0, 0.1) is 0 Å². The molecule has 0 aromatic heterocycles. The Bertz CT molecular complexity index is 429. The topological polar surface area (TPSA) is 55.7 Å². The summed E-state index contributed by atoms with van der Waals surface area (Å²) in [7, 11) is 0. The van der Waals surface area contributed by atoms with Crippen molar-refractivity contribution in [2.24, 2.45) is 0 Å². The molecule has 4 nitrogen and oxygen atoms in total. The quantitative estimate of drug-likeness (QED) is 0.556. The summed E-state index contributed by atoms with van der Waals surface area (Å²) < 4.78 is 0. The lowest BCUT2D eigenvalue weighted by Gasteiger charge is -1.91. The fourth-order valence-electron chi connectivity index (χ4n) is 0.971. The Labute approximate surface area is 68.2 Å². The molecular formula is C8H5N3O. The van der Waals surface area contributed by atoms with E-state index in [1.807, 2.05) is 6.07 Å². The van der Waals surface area contributed by atoms with E-state index in [9.17, 15) is 4.79 Å². The molecule has 0 saturated heterocycles. The monoisotopic (exact) mass is 159 g/mol. The third-order valence-electron chi connectivity index (χ3n) is 1.53. The van der Waals surface area contributed by atoms with E-state index in [1.54, 1.807) is 24.3 Å². The zero-order valence-corrected chi connectivity index (χ0v) is 6.14. The molecule has 0 bridgehead atoms. The first-order valence-corrected chi connectivity index (χ1v) is 3.46. The second kappa shape index (κ2) is 2.65. The highest BCUT2D eigenvalue weighted by Crippen LogP contribution is 2.08. The maximum Gasteiger partial charge on any atom is 0.299 e. The molecule has 0 amide bonds. The number of nitrogens with zero attached hydrogens (tertiary/aromatic N) is 3. The summed E-state index contributed by atoms with van der Waals surface area (Å²) in [6.45, 7) is 0. The summed E-state index contributed by atoms with van der Waals surface area (Å²) >= 11 is 0. The van der Waals surface area contributed by atoms with Crippen molar-refractivity contribution in [1.29, 1.82) is 0 Å². The molecule has 1 aliphatic heterocycles. The fourth-order valence-corrected chi connectivity index (χ4v) is 0.971. The van der Waals surface area contributed by atoms with Crippen molar-refractivity contribution in [3.05, 3.63) is 40.7 Å². The van der Waals surface area contributed by atoms with Crippen LogP contribution in [0.1, 0.15) is 0 Å². The predicted octanol–water partition coefficient (Wildman–Crippen LogP) is 0.337. The van der Waals surface area contributed by atoms with Gasteiger partial charge in [-0.3, -0.25) is 4.79 Å². The largest absolute Gasteiger partial charge is 0.299 e. The molecule has 0 aromatic rings. The summed E-state index contributed by atoms with van der Waals surface area (Å²) in [5.41, 5.74) is 0.728. The predicted molar refractivity (Wildman–Crippen MR) is 42.7 cm³/mol. The third kappa shape index (κ3) is 1.03. The molecule has 0 N–H and O–H groups in total. The maximum atomic E-state index is 11.1. The van der Waals surface area contributed by atoms with Crippen LogP contribution in [0.3, 0.4) is 0 Å². The molecule has 2 aliphatic rings. The van der Waals surface area contributed by atoms with E-state index in [2.05, 4.69) is 15.4 Å². The van der Waals surface area contributed by atoms with Crippen LogP contribution in [0.5, 0.6) is 0 Å². The molecule has 58 valence electrons. The highest BCUT2D eigenvalue weighted by molar-refractivity contribution is 5.56. The average molecular weight is 159 g/mol. The summed E-state index contributed by atoms with van der Waals surface area (Å²) in [5, 5.41) is 10.4. The minimum atomic E-state index is -0.337. The Morgan fingerprint density at radius 3 is 2.75 bits per heavy atom. The van der Waals surface area contributed by atoms with Crippen LogP contribution in [0.25, 0.3) is 11.3 Å². The molecule has 0 radical (unpaired) electrons. The normalized spacial score (nSPS) is 10.0. The molecule has 0 saturated carbocycles. The first kappa shape index (κ1) is 6.84. The van der Waals surface area contributed by atoms with Gasteiger partial charge < -0.3 is 0 Å². The second-order valence-corrected chi connectivity index (χ2v) is 2.30. The van der Waals surface area contributed by atoms with Crippen LogP contribution in [0.15, 0.2) is 35.1 Å². The molecule has 0 aromatic carbocycles. The standard InChI is InChI=1S/C8H5N3O/c12-8-6-4-2-1-3-5-7(6)9-11-10-8/h1-5H. The van der Waals surface area contributed by atoms with Crippen molar-refractivity contribution in [1.82, 2.24) is 15.4 Å². The third-order valence-corrected chi connectivity index (χ3v) is 1.53. The van der Waals surface area contributed by atoms with Crippen LogP contribution in [0.2, 0.25) is 0 Å². The van der Waals surface area contributed by atoms with Gasteiger partial charge in [-0.05, 0) is 17.3 Å². The van der Waals surface area contributed by atoms with E-state index in [0.29, 0.717) is 11.3 Å². The van der Waals surface area contributed by atoms with Crippen LogP contribution in [-0.4, -0.2) is 15.4 Å². The number of rotatable bonds is 0. The van der Waals surface area contributed by atoms with Crippen molar-refractivity contribution < 1.29 is 0 Å². The van der Waals surface area contributed by atoms with E-state index < -0.39 is 0 Å². The Kier molecular flexibility index (Phi) is 1.51. The van der Waals surface area contributed by atoms with Gasteiger partial charge in [0, 0.05) is 0 Å². The highest BCUT2D eigenvalue weighted by Gasteiger charge is 2.04.